The number of likely N-dealkylation sites (tertiary alicyclic amines) is 1. The smallest absolute Gasteiger partial charge is 0.0460 e. The van der Waals surface area contributed by atoms with E-state index in [1.165, 1.54) is 51.5 Å². The van der Waals surface area contributed by atoms with Crippen LogP contribution in [0.1, 0.15) is 58.8 Å². The summed E-state index contributed by atoms with van der Waals surface area (Å²) >= 11 is 0. The Bertz CT molecular complexity index is 221. The second-order valence-electron chi connectivity index (χ2n) is 6.34. The molecule has 2 aliphatic rings. The molecule has 1 heterocycles. The van der Waals surface area contributed by atoms with Gasteiger partial charge in [0.1, 0.15) is 0 Å². The summed E-state index contributed by atoms with van der Waals surface area (Å²) in [6.45, 7) is 6.30. The van der Waals surface area contributed by atoms with Gasteiger partial charge in [0, 0.05) is 18.2 Å². The van der Waals surface area contributed by atoms with Crippen LogP contribution in [0.25, 0.3) is 0 Å². The van der Waals surface area contributed by atoms with Crippen molar-refractivity contribution in [2.24, 2.45) is 5.92 Å². The molecule has 0 aromatic rings. The maximum absolute atomic E-state index is 9.30. The molecule has 16 heavy (non-hydrogen) atoms. The van der Waals surface area contributed by atoms with Crippen molar-refractivity contribution in [1.29, 1.82) is 0 Å². The Hall–Kier alpha value is -0.0800. The number of nitrogens with zero attached hydrogens (tertiary/aromatic N) is 1. The number of rotatable bonds is 2. The molecular weight excluding hydrogens is 198 g/mol. The summed E-state index contributed by atoms with van der Waals surface area (Å²) in [6.07, 6.45) is 9.42. The lowest BCUT2D eigenvalue weighted by Gasteiger charge is -2.50. The minimum atomic E-state index is 0.299. The van der Waals surface area contributed by atoms with Gasteiger partial charge in [-0.05, 0) is 52.0 Å². The molecule has 1 unspecified atom stereocenters. The van der Waals surface area contributed by atoms with Crippen molar-refractivity contribution in [3.8, 4) is 0 Å². The lowest BCUT2D eigenvalue weighted by atomic mass is 9.80. The van der Waals surface area contributed by atoms with Gasteiger partial charge in [0.2, 0.25) is 0 Å². The molecule has 0 amide bonds. The Morgan fingerprint density at radius 3 is 2.38 bits per heavy atom. The van der Waals surface area contributed by atoms with Crippen LogP contribution in [0.3, 0.4) is 0 Å². The number of piperidine rings is 1. The molecule has 1 aliphatic heterocycles. The maximum atomic E-state index is 9.30. The van der Waals surface area contributed by atoms with E-state index in [9.17, 15) is 5.11 Å². The molecule has 1 saturated carbocycles. The van der Waals surface area contributed by atoms with Crippen LogP contribution in [0.4, 0.5) is 0 Å². The molecule has 2 fully saturated rings. The van der Waals surface area contributed by atoms with Crippen molar-refractivity contribution in [1.82, 2.24) is 4.90 Å². The molecule has 0 bridgehead atoms. The molecule has 0 spiro atoms. The van der Waals surface area contributed by atoms with Gasteiger partial charge in [0.25, 0.3) is 0 Å². The molecule has 1 aliphatic carbocycles. The molecular formula is C14H27NO. The van der Waals surface area contributed by atoms with Crippen molar-refractivity contribution < 1.29 is 5.11 Å². The van der Waals surface area contributed by atoms with Gasteiger partial charge in [0.05, 0.1) is 0 Å². The van der Waals surface area contributed by atoms with Crippen LogP contribution >= 0.6 is 0 Å². The zero-order valence-electron chi connectivity index (χ0n) is 10.9. The van der Waals surface area contributed by atoms with Gasteiger partial charge in [-0.3, -0.25) is 4.90 Å². The first-order valence-electron chi connectivity index (χ1n) is 7.01. The molecule has 0 aromatic heterocycles. The first kappa shape index (κ1) is 12.4. The summed E-state index contributed by atoms with van der Waals surface area (Å²) in [5.74, 6) is 0.537. The minimum Gasteiger partial charge on any atom is -0.396 e. The lowest BCUT2D eigenvalue weighted by molar-refractivity contribution is -0.0149. The summed E-state index contributed by atoms with van der Waals surface area (Å²) in [6, 6.07) is 0.823. The molecule has 2 heteroatoms. The highest BCUT2D eigenvalue weighted by atomic mass is 16.3. The highest BCUT2D eigenvalue weighted by Crippen LogP contribution is 2.36. The molecule has 94 valence electrons. The van der Waals surface area contributed by atoms with Crippen LogP contribution in [0.5, 0.6) is 0 Å². The Balaban J connectivity index is 1.98. The van der Waals surface area contributed by atoms with Gasteiger partial charge in [-0.15, -0.1) is 0 Å². The monoisotopic (exact) mass is 225 g/mol. The first-order valence-corrected chi connectivity index (χ1v) is 7.01. The van der Waals surface area contributed by atoms with Crippen LogP contribution in [0, 0.1) is 5.92 Å². The fourth-order valence-corrected chi connectivity index (χ4v) is 3.78. The molecule has 0 aromatic carbocycles. The highest BCUT2D eigenvalue weighted by Gasteiger charge is 2.38. The SMILES string of the molecule is CC1(C)CC(CO)CCN1C1CCCCC1. The molecule has 1 saturated heterocycles. The largest absolute Gasteiger partial charge is 0.396 e. The minimum absolute atomic E-state index is 0.299. The second-order valence-corrected chi connectivity index (χ2v) is 6.34. The third-order valence-corrected chi connectivity index (χ3v) is 4.62. The average molecular weight is 225 g/mol. The van der Waals surface area contributed by atoms with Gasteiger partial charge in [-0.1, -0.05) is 19.3 Å². The maximum Gasteiger partial charge on any atom is 0.0460 e. The lowest BCUT2D eigenvalue weighted by Crippen LogP contribution is -2.55. The summed E-state index contributed by atoms with van der Waals surface area (Å²) in [5, 5.41) is 9.30. The number of aliphatic hydroxyl groups excluding tert-OH is 1. The standard InChI is InChI=1S/C14H27NO/c1-14(2)10-12(11-16)8-9-15(14)13-6-4-3-5-7-13/h12-13,16H,3-11H2,1-2H3. The van der Waals surface area contributed by atoms with Crippen LogP contribution < -0.4 is 0 Å². The van der Waals surface area contributed by atoms with E-state index in [1.807, 2.05) is 0 Å². The quantitative estimate of drug-likeness (QED) is 0.781. The first-order chi connectivity index (χ1) is 7.63. The highest BCUT2D eigenvalue weighted by molar-refractivity contribution is 4.93. The Labute approximate surface area is 100 Å². The van der Waals surface area contributed by atoms with Gasteiger partial charge >= 0.3 is 0 Å². The van der Waals surface area contributed by atoms with Gasteiger partial charge in [-0.25, -0.2) is 0 Å². The predicted octanol–water partition coefficient (Wildman–Crippen LogP) is 2.80. The second kappa shape index (κ2) is 5.05. The fraction of sp³-hybridized carbons (Fsp3) is 1.00. The number of hydrogen-bond donors (Lipinski definition) is 1. The topological polar surface area (TPSA) is 23.5 Å². The molecule has 2 rings (SSSR count). The average Bonchev–Trinajstić information content (AvgIpc) is 2.28. The van der Waals surface area contributed by atoms with E-state index >= 15 is 0 Å². The van der Waals surface area contributed by atoms with E-state index in [0.29, 0.717) is 18.1 Å². The number of aliphatic hydroxyl groups is 1. The van der Waals surface area contributed by atoms with E-state index in [1.54, 1.807) is 0 Å². The summed E-state index contributed by atoms with van der Waals surface area (Å²) in [7, 11) is 0. The van der Waals surface area contributed by atoms with Crippen LogP contribution in [0.15, 0.2) is 0 Å². The molecule has 1 N–H and O–H groups in total. The van der Waals surface area contributed by atoms with Crippen LogP contribution in [-0.4, -0.2) is 34.7 Å². The normalized spacial score (nSPS) is 32.8. The van der Waals surface area contributed by atoms with E-state index in [-0.39, 0.29) is 0 Å². The van der Waals surface area contributed by atoms with E-state index in [4.69, 9.17) is 0 Å². The van der Waals surface area contributed by atoms with Gasteiger partial charge in [-0.2, -0.15) is 0 Å². The molecule has 2 nitrogen and oxygen atoms in total. The predicted molar refractivity (Wildman–Crippen MR) is 67.5 cm³/mol. The molecule has 0 radical (unpaired) electrons. The molecule has 1 atom stereocenters. The fourth-order valence-electron chi connectivity index (χ4n) is 3.78. The van der Waals surface area contributed by atoms with Crippen molar-refractivity contribution in [3.63, 3.8) is 0 Å². The zero-order chi connectivity index (χ0) is 11.6. The Kier molecular flexibility index (Phi) is 3.91. The van der Waals surface area contributed by atoms with Crippen molar-refractivity contribution >= 4 is 0 Å². The Morgan fingerprint density at radius 2 is 1.81 bits per heavy atom. The van der Waals surface area contributed by atoms with Crippen LogP contribution in [0.2, 0.25) is 0 Å². The Morgan fingerprint density at radius 1 is 1.12 bits per heavy atom. The van der Waals surface area contributed by atoms with Gasteiger partial charge < -0.3 is 5.11 Å². The van der Waals surface area contributed by atoms with Crippen molar-refractivity contribution in [2.75, 3.05) is 13.2 Å². The van der Waals surface area contributed by atoms with E-state index in [2.05, 4.69) is 18.7 Å². The summed E-state index contributed by atoms with van der Waals surface area (Å²) < 4.78 is 0. The zero-order valence-corrected chi connectivity index (χ0v) is 10.9. The van der Waals surface area contributed by atoms with E-state index in [0.717, 1.165) is 6.04 Å². The van der Waals surface area contributed by atoms with Gasteiger partial charge in [0.15, 0.2) is 0 Å². The number of hydrogen-bond acceptors (Lipinski definition) is 2. The van der Waals surface area contributed by atoms with E-state index < -0.39 is 0 Å². The third kappa shape index (κ3) is 2.60. The van der Waals surface area contributed by atoms with Crippen LogP contribution in [-0.2, 0) is 0 Å². The summed E-state index contributed by atoms with van der Waals surface area (Å²) in [4.78, 5) is 2.73. The summed E-state index contributed by atoms with van der Waals surface area (Å²) in [5.41, 5.74) is 0.299. The van der Waals surface area contributed by atoms with Crippen molar-refractivity contribution in [3.05, 3.63) is 0 Å². The van der Waals surface area contributed by atoms with Crippen molar-refractivity contribution in [2.45, 2.75) is 70.4 Å². The third-order valence-electron chi connectivity index (χ3n) is 4.62.